The minimum absolute atomic E-state index is 0.315. The van der Waals surface area contributed by atoms with E-state index < -0.39 is 0 Å². The van der Waals surface area contributed by atoms with Crippen molar-refractivity contribution in [2.75, 3.05) is 0 Å². The van der Waals surface area contributed by atoms with Crippen molar-refractivity contribution >= 4 is 0 Å². The van der Waals surface area contributed by atoms with Crippen molar-refractivity contribution in [2.24, 2.45) is 5.92 Å². The molecule has 0 aliphatic carbocycles. The van der Waals surface area contributed by atoms with Gasteiger partial charge in [0.25, 0.3) is 0 Å². The van der Waals surface area contributed by atoms with E-state index in [1.807, 2.05) is 18.2 Å². The van der Waals surface area contributed by atoms with Crippen LogP contribution in [0.1, 0.15) is 25.3 Å². The van der Waals surface area contributed by atoms with Crippen molar-refractivity contribution in [2.45, 2.75) is 19.8 Å². The van der Waals surface area contributed by atoms with E-state index in [0.717, 1.165) is 0 Å². The summed E-state index contributed by atoms with van der Waals surface area (Å²) in [6.45, 7) is 8.15. The summed E-state index contributed by atoms with van der Waals surface area (Å²) in [7, 11) is 0. The second-order valence-corrected chi connectivity index (χ2v) is 3.60. The molecule has 13 heavy (non-hydrogen) atoms. The standard InChI is InChI=1S/C12H16O/c1-4-12(9(2)3)10-5-7-11(13)8-6-10/h4-9,12-13H,1H2,2-3H3. The van der Waals surface area contributed by atoms with Crippen LogP contribution in [0.4, 0.5) is 0 Å². The monoisotopic (exact) mass is 176 g/mol. The highest BCUT2D eigenvalue weighted by Crippen LogP contribution is 2.26. The van der Waals surface area contributed by atoms with Crippen molar-refractivity contribution in [3.63, 3.8) is 0 Å². The molecule has 1 nitrogen and oxygen atoms in total. The molecule has 0 fully saturated rings. The normalized spacial score (nSPS) is 12.8. The molecule has 1 N–H and O–H groups in total. The summed E-state index contributed by atoms with van der Waals surface area (Å²) < 4.78 is 0. The number of phenols is 1. The molecule has 1 heteroatoms. The lowest BCUT2D eigenvalue weighted by Crippen LogP contribution is -2.02. The average Bonchev–Trinajstić information content (AvgIpc) is 2.09. The third kappa shape index (κ3) is 2.35. The largest absolute Gasteiger partial charge is 0.508 e. The van der Waals surface area contributed by atoms with Gasteiger partial charge in [-0.15, -0.1) is 6.58 Å². The molecule has 0 bridgehead atoms. The molecule has 1 aromatic rings. The Kier molecular flexibility index (Phi) is 3.13. The highest BCUT2D eigenvalue weighted by Gasteiger charge is 2.10. The Morgan fingerprint density at radius 2 is 1.77 bits per heavy atom. The number of benzene rings is 1. The Hall–Kier alpha value is -1.24. The molecule has 1 atom stereocenters. The average molecular weight is 176 g/mol. The van der Waals surface area contributed by atoms with Crippen molar-refractivity contribution < 1.29 is 5.11 Å². The SMILES string of the molecule is C=CC(c1ccc(O)cc1)C(C)C. The molecular weight excluding hydrogens is 160 g/mol. The Labute approximate surface area is 79.7 Å². The molecule has 1 rings (SSSR count). The van der Waals surface area contributed by atoms with Crippen LogP contribution in [0.5, 0.6) is 5.75 Å². The second-order valence-electron chi connectivity index (χ2n) is 3.60. The third-order valence-electron chi connectivity index (χ3n) is 2.25. The summed E-state index contributed by atoms with van der Waals surface area (Å²) in [5, 5.41) is 9.12. The lowest BCUT2D eigenvalue weighted by atomic mass is 9.89. The van der Waals surface area contributed by atoms with Crippen LogP contribution in [-0.2, 0) is 0 Å². The van der Waals surface area contributed by atoms with Gasteiger partial charge in [-0.05, 0) is 23.6 Å². The van der Waals surface area contributed by atoms with Crippen molar-refractivity contribution in [3.05, 3.63) is 42.5 Å². The molecule has 0 saturated heterocycles. The first-order valence-corrected chi connectivity index (χ1v) is 4.56. The number of aromatic hydroxyl groups is 1. The summed E-state index contributed by atoms with van der Waals surface area (Å²) in [4.78, 5) is 0. The summed E-state index contributed by atoms with van der Waals surface area (Å²) >= 11 is 0. The van der Waals surface area contributed by atoms with Crippen LogP contribution in [0.2, 0.25) is 0 Å². The van der Waals surface area contributed by atoms with E-state index in [9.17, 15) is 0 Å². The lowest BCUT2D eigenvalue weighted by Gasteiger charge is -2.16. The maximum Gasteiger partial charge on any atom is 0.115 e. The fourth-order valence-corrected chi connectivity index (χ4v) is 1.49. The maximum atomic E-state index is 9.12. The van der Waals surface area contributed by atoms with Gasteiger partial charge in [0.2, 0.25) is 0 Å². The first kappa shape index (κ1) is 9.85. The highest BCUT2D eigenvalue weighted by molar-refractivity contribution is 5.30. The quantitative estimate of drug-likeness (QED) is 0.700. The van der Waals surface area contributed by atoms with Crippen molar-refractivity contribution in [1.29, 1.82) is 0 Å². The van der Waals surface area contributed by atoms with Crippen molar-refractivity contribution in [3.8, 4) is 5.75 Å². The highest BCUT2D eigenvalue weighted by atomic mass is 16.3. The van der Waals surface area contributed by atoms with Gasteiger partial charge in [-0.2, -0.15) is 0 Å². The predicted molar refractivity (Wildman–Crippen MR) is 55.9 cm³/mol. The Bertz CT molecular complexity index is 272. The van der Waals surface area contributed by atoms with Gasteiger partial charge in [0.05, 0.1) is 0 Å². The number of phenolic OH excluding ortho intramolecular Hbond substituents is 1. The van der Waals surface area contributed by atoms with Gasteiger partial charge in [0, 0.05) is 5.92 Å². The van der Waals surface area contributed by atoms with E-state index >= 15 is 0 Å². The Morgan fingerprint density at radius 3 is 2.15 bits per heavy atom. The summed E-state index contributed by atoms with van der Waals surface area (Å²) in [6.07, 6.45) is 1.96. The van der Waals surface area contributed by atoms with E-state index in [1.165, 1.54) is 5.56 Å². The lowest BCUT2D eigenvalue weighted by molar-refractivity contribution is 0.474. The first-order valence-electron chi connectivity index (χ1n) is 4.56. The van der Waals surface area contributed by atoms with E-state index in [1.54, 1.807) is 12.1 Å². The van der Waals surface area contributed by atoms with Gasteiger partial charge in [0.1, 0.15) is 5.75 Å². The third-order valence-corrected chi connectivity index (χ3v) is 2.25. The van der Waals surface area contributed by atoms with Gasteiger partial charge < -0.3 is 5.11 Å². The fraction of sp³-hybridized carbons (Fsp3) is 0.333. The molecule has 0 heterocycles. The van der Waals surface area contributed by atoms with Crippen molar-refractivity contribution in [1.82, 2.24) is 0 Å². The zero-order chi connectivity index (χ0) is 9.84. The van der Waals surface area contributed by atoms with Crippen LogP contribution >= 0.6 is 0 Å². The number of hydrogen-bond acceptors (Lipinski definition) is 1. The zero-order valence-electron chi connectivity index (χ0n) is 8.20. The summed E-state index contributed by atoms with van der Waals surface area (Å²) in [6, 6.07) is 7.33. The predicted octanol–water partition coefficient (Wildman–Crippen LogP) is 3.32. The Morgan fingerprint density at radius 1 is 1.23 bits per heavy atom. The van der Waals surface area contributed by atoms with Crippen LogP contribution in [0, 0.1) is 5.92 Å². The molecule has 0 radical (unpaired) electrons. The van der Waals surface area contributed by atoms with Crippen LogP contribution in [0.15, 0.2) is 36.9 Å². The molecular formula is C12H16O. The molecule has 0 aliphatic rings. The maximum absolute atomic E-state index is 9.12. The summed E-state index contributed by atoms with van der Waals surface area (Å²) in [5.41, 5.74) is 1.21. The number of allylic oxidation sites excluding steroid dienone is 1. The second kappa shape index (κ2) is 4.13. The van der Waals surface area contributed by atoms with Gasteiger partial charge in [-0.3, -0.25) is 0 Å². The molecule has 70 valence electrons. The molecule has 0 spiro atoms. The van der Waals surface area contributed by atoms with Crippen LogP contribution in [0.3, 0.4) is 0 Å². The molecule has 0 saturated carbocycles. The fourth-order valence-electron chi connectivity index (χ4n) is 1.49. The first-order chi connectivity index (χ1) is 6.15. The Balaban J connectivity index is 2.92. The zero-order valence-corrected chi connectivity index (χ0v) is 8.20. The minimum Gasteiger partial charge on any atom is -0.508 e. The van der Waals surface area contributed by atoms with Gasteiger partial charge in [-0.1, -0.05) is 32.1 Å². The minimum atomic E-state index is 0.315. The van der Waals surface area contributed by atoms with Crippen LogP contribution in [0.25, 0.3) is 0 Å². The van der Waals surface area contributed by atoms with E-state index in [-0.39, 0.29) is 0 Å². The van der Waals surface area contributed by atoms with Crippen LogP contribution in [-0.4, -0.2) is 5.11 Å². The van der Waals surface area contributed by atoms with Gasteiger partial charge in [-0.25, -0.2) is 0 Å². The topological polar surface area (TPSA) is 20.2 Å². The molecule has 1 aromatic carbocycles. The molecule has 0 amide bonds. The number of hydrogen-bond donors (Lipinski definition) is 1. The number of rotatable bonds is 3. The molecule has 0 aromatic heterocycles. The van der Waals surface area contributed by atoms with E-state index in [2.05, 4.69) is 20.4 Å². The smallest absolute Gasteiger partial charge is 0.115 e. The van der Waals surface area contributed by atoms with E-state index in [4.69, 9.17) is 5.11 Å². The molecule has 0 aliphatic heterocycles. The van der Waals surface area contributed by atoms with Gasteiger partial charge in [0.15, 0.2) is 0 Å². The van der Waals surface area contributed by atoms with Crippen LogP contribution < -0.4 is 0 Å². The summed E-state index contributed by atoms with van der Waals surface area (Å²) in [5.74, 6) is 1.23. The van der Waals surface area contributed by atoms with Gasteiger partial charge >= 0.3 is 0 Å². The molecule has 1 unspecified atom stereocenters. The van der Waals surface area contributed by atoms with E-state index in [0.29, 0.717) is 17.6 Å².